The van der Waals surface area contributed by atoms with Crippen LogP contribution in [0.15, 0.2) is 51.8 Å². The number of benzene rings is 2. The summed E-state index contributed by atoms with van der Waals surface area (Å²) in [5.74, 6) is 1.03. The van der Waals surface area contributed by atoms with Crippen molar-refractivity contribution in [2.45, 2.75) is 0 Å². The molecule has 0 radical (unpaired) electrons. The Labute approximate surface area is 163 Å². The lowest BCUT2D eigenvalue weighted by Crippen LogP contribution is -2.27. The summed E-state index contributed by atoms with van der Waals surface area (Å²) in [7, 11) is 3.15. The van der Waals surface area contributed by atoms with Crippen molar-refractivity contribution in [1.29, 1.82) is 0 Å². The maximum atomic E-state index is 12.9. The first kappa shape index (κ1) is 18.0. The Morgan fingerprint density at radius 1 is 1.12 bits per heavy atom. The van der Waals surface area contributed by atoms with Crippen molar-refractivity contribution in [3.05, 3.63) is 57.4 Å². The van der Waals surface area contributed by atoms with E-state index >= 15 is 0 Å². The van der Waals surface area contributed by atoms with E-state index in [0.717, 1.165) is 15.7 Å². The number of hydrogen-bond donors (Lipinski definition) is 0. The van der Waals surface area contributed by atoms with Gasteiger partial charge in [-0.15, -0.1) is 0 Å². The average Bonchev–Trinajstić information content (AvgIpc) is 2.89. The van der Waals surface area contributed by atoms with E-state index in [4.69, 9.17) is 21.7 Å². The summed E-state index contributed by atoms with van der Waals surface area (Å²) in [5.41, 5.74) is 1.49. The lowest BCUT2D eigenvalue weighted by Gasteiger charge is -2.16. The van der Waals surface area contributed by atoms with Crippen LogP contribution in [0.3, 0.4) is 0 Å². The largest absolute Gasteiger partial charge is 0.493 e. The Kier molecular flexibility index (Phi) is 5.46. The minimum atomic E-state index is -0.160. The van der Waals surface area contributed by atoms with Crippen LogP contribution in [0.5, 0.6) is 11.5 Å². The van der Waals surface area contributed by atoms with Crippen LogP contribution in [-0.2, 0) is 4.79 Å². The van der Waals surface area contributed by atoms with Crippen molar-refractivity contribution in [2.75, 3.05) is 19.1 Å². The quantitative estimate of drug-likeness (QED) is 0.505. The fourth-order valence-corrected chi connectivity index (χ4v) is 4.21. The third-order valence-electron chi connectivity index (χ3n) is 3.61. The average molecular weight is 436 g/mol. The van der Waals surface area contributed by atoms with E-state index in [1.165, 1.54) is 16.7 Å². The number of thiocarbonyl (C=S) groups is 1. The van der Waals surface area contributed by atoms with Gasteiger partial charge in [0.05, 0.1) is 24.8 Å². The van der Waals surface area contributed by atoms with Crippen LogP contribution in [0.1, 0.15) is 5.56 Å². The second kappa shape index (κ2) is 7.59. The molecule has 1 amide bonds. The number of nitrogens with zero attached hydrogens (tertiary/aromatic N) is 1. The minimum Gasteiger partial charge on any atom is -0.493 e. The zero-order valence-electron chi connectivity index (χ0n) is 13.5. The van der Waals surface area contributed by atoms with Crippen LogP contribution in [-0.4, -0.2) is 24.4 Å². The monoisotopic (exact) mass is 435 g/mol. The number of amides is 1. The first-order chi connectivity index (χ1) is 12.1. The molecule has 1 heterocycles. The summed E-state index contributed by atoms with van der Waals surface area (Å²) in [6, 6.07) is 13.0. The van der Waals surface area contributed by atoms with Crippen molar-refractivity contribution in [3.63, 3.8) is 0 Å². The van der Waals surface area contributed by atoms with E-state index in [2.05, 4.69) is 15.9 Å². The summed E-state index contributed by atoms with van der Waals surface area (Å²) >= 11 is 10.1. The van der Waals surface area contributed by atoms with E-state index < -0.39 is 0 Å². The molecule has 7 heteroatoms. The van der Waals surface area contributed by atoms with Gasteiger partial charge in [-0.1, -0.05) is 48.2 Å². The van der Waals surface area contributed by atoms with Crippen molar-refractivity contribution < 1.29 is 14.3 Å². The molecule has 0 N–H and O–H groups in total. The lowest BCUT2D eigenvalue weighted by molar-refractivity contribution is -0.113. The number of hydrogen-bond acceptors (Lipinski definition) is 5. The summed E-state index contributed by atoms with van der Waals surface area (Å²) in [5, 5.41) is 0. The number of anilines is 1. The number of methoxy groups -OCH3 is 2. The van der Waals surface area contributed by atoms with Gasteiger partial charge in [0.25, 0.3) is 5.91 Å². The second-order valence-electron chi connectivity index (χ2n) is 5.05. The molecule has 1 saturated heterocycles. The minimum absolute atomic E-state index is 0.160. The van der Waals surface area contributed by atoms with Gasteiger partial charge in [-0.3, -0.25) is 9.69 Å². The van der Waals surface area contributed by atoms with Crippen LogP contribution in [0, 0.1) is 0 Å². The number of para-hydroxylation sites is 2. The van der Waals surface area contributed by atoms with Crippen LogP contribution >= 0.6 is 39.9 Å². The molecule has 1 aliphatic heterocycles. The van der Waals surface area contributed by atoms with Gasteiger partial charge in [-0.05, 0) is 40.2 Å². The zero-order chi connectivity index (χ0) is 18.0. The maximum absolute atomic E-state index is 12.9. The smallest absolute Gasteiger partial charge is 0.270 e. The van der Waals surface area contributed by atoms with Crippen molar-refractivity contribution in [2.24, 2.45) is 0 Å². The molecular weight excluding hydrogens is 422 g/mol. The number of thioether (sulfide) groups is 1. The fraction of sp³-hybridized carbons (Fsp3) is 0.111. The highest BCUT2D eigenvalue weighted by Gasteiger charge is 2.34. The Balaban J connectivity index is 2.01. The normalized spacial score (nSPS) is 15.8. The van der Waals surface area contributed by atoms with Crippen molar-refractivity contribution in [3.8, 4) is 11.5 Å². The zero-order valence-corrected chi connectivity index (χ0v) is 16.7. The number of rotatable bonds is 4. The molecule has 3 rings (SSSR count). The molecule has 0 spiro atoms. The molecule has 0 aliphatic carbocycles. The molecule has 0 unspecified atom stereocenters. The molecule has 25 heavy (non-hydrogen) atoms. The Morgan fingerprint density at radius 3 is 2.56 bits per heavy atom. The van der Waals surface area contributed by atoms with Gasteiger partial charge in [0.2, 0.25) is 0 Å². The van der Waals surface area contributed by atoms with Gasteiger partial charge in [0.1, 0.15) is 0 Å². The topological polar surface area (TPSA) is 38.8 Å². The predicted molar refractivity (Wildman–Crippen MR) is 109 cm³/mol. The molecule has 1 fully saturated rings. The summed E-state index contributed by atoms with van der Waals surface area (Å²) in [4.78, 5) is 14.9. The standard InChI is InChI=1S/C18H14BrNO3S2/c1-22-14-9-5-6-11(16(14)23-2)10-15-17(21)20(18(24)25-15)13-8-4-3-7-12(13)19/h3-10H,1-2H3. The molecule has 0 bridgehead atoms. The Hall–Kier alpha value is -1.83. The maximum Gasteiger partial charge on any atom is 0.270 e. The second-order valence-corrected chi connectivity index (χ2v) is 7.58. The van der Waals surface area contributed by atoms with Gasteiger partial charge in [-0.25, -0.2) is 0 Å². The van der Waals surface area contributed by atoms with Crippen LogP contribution in [0.2, 0.25) is 0 Å². The molecule has 0 aromatic heterocycles. The highest BCUT2D eigenvalue weighted by Crippen LogP contribution is 2.40. The lowest BCUT2D eigenvalue weighted by atomic mass is 10.1. The van der Waals surface area contributed by atoms with E-state index in [1.807, 2.05) is 42.5 Å². The highest BCUT2D eigenvalue weighted by molar-refractivity contribution is 9.10. The van der Waals surface area contributed by atoms with E-state index in [0.29, 0.717) is 20.7 Å². The molecule has 1 aliphatic rings. The molecule has 2 aromatic rings. The summed E-state index contributed by atoms with van der Waals surface area (Å²) in [6.45, 7) is 0. The van der Waals surface area contributed by atoms with Gasteiger partial charge >= 0.3 is 0 Å². The molecular formula is C18H14BrNO3S2. The van der Waals surface area contributed by atoms with E-state index in [1.54, 1.807) is 20.3 Å². The van der Waals surface area contributed by atoms with Crippen molar-refractivity contribution in [1.82, 2.24) is 0 Å². The highest BCUT2D eigenvalue weighted by atomic mass is 79.9. The number of halogens is 1. The first-order valence-electron chi connectivity index (χ1n) is 7.30. The van der Waals surface area contributed by atoms with Gasteiger partial charge in [-0.2, -0.15) is 0 Å². The van der Waals surface area contributed by atoms with E-state index in [9.17, 15) is 4.79 Å². The number of carbonyl (C=O) groups excluding carboxylic acids is 1. The molecule has 2 aromatic carbocycles. The number of ether oxygens (including phenoxy) is 2. The molecule has 0 saturated carbocycles. The summed E-state index contributed by atoms with van der Waals surface area (Å²) < 4.78 is 12.0. The van der Waals surface area contributed by atoms with Gasteiger partial charge in [0, 0.05) is 10.0 Å². The third-order valence-corrected chi connectivity index (χ3v) is 5.58. The van der Waals surface area contributed by atoms with Gasteiger partial charge in [0.15, 0.2) is 15.8 Å². The van der Waals surface area contributed by atoms with Crippen LogP contribution < -0.4 is 14.4 Å². The molecule has 4 nitrogen and oxygen atoms in total. The van der Waals surface area contributed by atoms with Crippen LogP contribution in [0.25, 0.3) is 6.08 Å². The first-order valence-corrected chi connectivity index (χ1v) is 9.32. The fourth-order valence-electron chi connectivity index (χ4n) is 2.48. The van der Waals surface area contributed by atoms with E-state index in [-0.39, 0.29) is 5.91 Å². The predicted octanol–water partition coefficient (Wildman–Crippen LogP) is 4.87. The number of carbonyl (C=O) groups is 1. The third kappa shape index (κ3) is 3.44. The van der Waals surface area contributed by atoms with Crippen LogP contribution in [0.4, 0.5) is 5.69 Å². The Bertz CT molecular complexity index is 882. The summed E-state index contributed by atoms with van der Waals surface area (Å²) in [6.07, 6.45) is 1.78. The van der Waals surface area contributed by atoms with Gasteiger partial charge < -0.3 is 9.47 Å². The van der Waals surface area contributed by atoms with Crippen molar-refractivity contribution >= 4 is 61.9 Å². The Morgan fingerprint density at radius 2 is 1.88 bits per heavy atom. The molecule has 128 valence electrons. The molecule has 0 atom stereocenters. The SMILES string of the molecule is COc1cccc(C=C2SC(=S)N(c3ccccc3Br)C2=O)c1OC.